The monoisotopic (exact) mass is 278 g/mol. The molecule has 0 saturated carbocycles. The largest absolute Gasteiger partial charge is 0.305 e. The van der Waals surface area contributed by atoms with Gasteiger partial charge in [0.15, 0.2) is 4.96 Å². The van der Waals surface area contributed by atoms with Gasteiger partial charge in [-0.3, -0.25) is 4.40 Å². The highest BCUT2D eigenvalue weighted by atomic mass is 32.1. The highest BCUT2D eigenvalue weighted by molar-refractivity contribution is 7.15. The van der Waals surface area contributed by atoms with E-state index >= 15 is 0 Å². The highest BCUT2D eigenvalue weighted by Crippen LogP contribution is 2.16. The van der Waals surface area contributed by atoms with Crippen LogP contribution in [-0.2, 0) is 13.1 Å². The Kier molecular flexibility index (Phi) is 3.15. The molecular weight excluding hydrogens is 264 g/mol. The van der Waals surface area contributed by atoms with Gasteiger partial charge in [-0.2, -0.15) is 0 Å². The van der Waals surface area contributed by atoms with E-state index in [0.29, 0.717) is 0 Å². The van der Waals surface area contributed by atoms with Crippen molar-refractivity contribution in [3.8, 4) is 0 Å². The van der Waals surface area contributed by atoms with Crippen molar-refractivity contribution >= 4 is 27.6 Å². The van der Waals surface area contributed by atoms with E-state index in [1.165, 1.54) is 5.69 Å². The standard InChI is InChI=1S/C12H14N4S2/c1-8-11(16-3-4-17-12(16)14-8)6-13-5-10-7-18-9(2)15-10/h3-4,7,13H,5-6H2,1-2H3. The number of thiazole rings is 2. The molecule has 0 bridgehead atoms. The summed E-state index contributed by atoms with van der Waals surface area (Å²) >= 11 is 3.36. The van der Waals surface area contributed by atoms with E-state index in [1.807, 2.05) is 6.92 Å². The minimum Gasteiger partial charge on any atom is -0.305 e. The molecule has 0 aromatic carbocycles. The van der Waals surface area contributed by atoms with Crippen LogP contribution < -0.4 is 5.32 Å². The second-order valence-corrected chi connectivity index (χ2v) is 6.10. The fourth-order valence-corrected chi connectivity index (χ4v) is 3.34. The average molecular weight is 278 g/mol. The van der Waals surface area contributed by atoms with E-state index in [2.05, 4.69) is 43.6 Å². The van der Waals surface area contributed by atoms with Gasteiger partial charge in [-0.15, -0.1) is 22.7 Å². The Morgan fingerprint density at radius 2 is 2.11 bits per heavy atom. The first-order chi connectivity index (χ1) is 8.74. The maximum atomic E-state index is 4.53. The minimum atomic E-state index is 0.807. The Morgan fingerprint density at radius 1 is 1.22 bits per heavy atom. The molecule has 0 fully saturated rings. The Morgan fingerprint density at radius 3 is 2.89 bits per heavy atom. The van der Waals surface area contributed by atoms with Gasteiger partial charge in [0, 0.05) is 30.0 Å². The summed E-state index contributed by atoms with van der Waals surface area (Å²) in [6.45, 7) is 5.72. The summed E-state index contributed by atoms with van der Waals surface area (Å²) in [6.07, 6.45) is 2.07. The normalized spacial score (nSPS) is 11.4. The molecule has 3 aromatic heterocycles. The van der Waals surface area contributed by atoms with Crippen molar-refractivity contribution < 1.29 is 0 Å². The van der Waals surface area contributed by atoms with E-state index < -0.39 is 0 Å². The molecule has 0 spiro atoms. The van der Waals surface area contributed by atoms with Gasteiger partial charge in [-0.25, -0.2) is 9.97 Å². The van der Waals surface area contributed by atoms with E-state index in [9.17, 15) is 0 Å². The van der Waals surface area contributed by atoms with Gasteiger partial charge in [0.2, 0.25) is 0 Å². The van der Waals surface area contributed by atoms with Crippen LogP contribution in [-0.4, -0.2) is 14.4 Å². The third kappa shape index (κ3) is 2.19. The van der Waals surface area contributed by atoms with E-state index in [0.717, 1.165) is 34.4 Å². The topological polar surface area (TPSA) is 42.2 Å². The highest BCUT2D eigenvalue weighted by Gasteiger charge is 2.08. The SMILES string of the molecule is Cc1nc(CNCc2c(C)nc3sccn23)cs1. The molecule has 94 valence electrons. The van der Waals surface area contributed by atoms with Crippen LogP contribution in [0.3, 0.4) is 0 Å². The smallest absolute Gasteiger partial charge is 0.194 e. The zero-order chi connectivity index (χ0) is 12.5. The Balaban J connectivity index is 1.69. The lowest BCUT2D eigenvalue weighted by Gasteiger charge is -2.03. The number of rotatable bonds is 4. The Hall–Kier alpha value is -1.24. The van der Waals surface area contributed by atoms with Crippen LogP contribution in [0.5, 0.6) is 0 Å². The predicted octanol–water partition coefficient (Wildman–Crippen LogP) is 2.76. The van der Waals surface area contributed by atoms with Crippen molar-refractivity contribution in [2.75, 3.05) is 0 Å². The Labute approximate surface area is 113 Å². The van der Waals surface area contributed by atoms with Crippen LogP contribution in [0.15, 0.2) is 17.0 Å². The van der Waals surface area contributed by atoms with Crippen LogP contribution >= 0.6 is 22.7 Å². The third-order valence-corrected chi connectivity index (χ3v) is 4.41. The summed E-state index contributed by atoms with van der Waals surface area (Å²) in [5, 5.41) is 8.71. The number of hydrogen-bond donors (Lipinski definition) is 1. The lowest BCUT2D eigenvalue weighted by Crippen LogP contribution is -2.14. The molecule has 3 heterocycles. The quantitative estimate of drug-likeness (QED) is 0.798. The second kappa shape index (κ2) is 4.79. The van der Waals surface area contributed by atoms with Gasteiger partial charge in [0.1, 0.15) is 0 Å². The third-order valence-electron chi connectivity index (χ3n) is 2.83. The van der Waals surface area contributed by atoms with E-state index in [1.54, 1.807) is 22.7 Å². The Bertz CT molecular complexity index is 665. The van der Waals surface area contributed by atoms with Crippen molar-refractivity contribution in [3.63, 3.8) is 0 Å². The number of nitrogens with zero attached hydrogens (tertiary/aromatic N) is 3. The number of aryl methyl sites for hydroxylation is 2. The van der Waals surface area contributed by atoms with Crippen molar-refractivity contribution in [3.05, 3.63) is 39.0 Å². The molecule has 0 saturated heterocycles. The number of fused-ring (bicyclic) bond motifs is 1. The summed E-state index contributed by atoms with van der Waals surface area (Å²) in [6, 6.07) is 0. The zero-order valence-corrected chi connectivity index (χ0v) is 11.9. The molecule has 0 aliphatic rings. The number of imidazole rings is 1. The molecular formula is C12H14N4S2. The molecule has 0 radical (unpaired) electrons. The molecule has 3 aromatic rings. The van der Waals surface area contributed by atoms with Crippen LogP contribution in [0.25, 0.3) is 4.96 Å². The molecule has 1 N–H and O–H groups in total. The molecule has 4 nitrogen and oxygen atoms in total. The lowest BCUT2D eigenvalue weighted by atomic mass is 10.3. The minimum absolute atomic E-state index is 0.807. The summed E-state index contributed by atoms with van der Waals surface area (Å²) in [5.41, 5.74) is 3.45. The van der Waals surface area contributed by atoms with Crippen molar-refractivity contribution in [2.45, 2.75) is 26.9 Å². The molecule has 0 atom stereocenters. The predicted molar refractivity (Wildman–Crippen MR) is 75.2 cm³/mol. The van der Waals surface area contributed by atoms with Crippen LogP contribution in [0.1, 0.15) is 22.1 Å². The van der Waals surface area contributed by atoms with Crippen LogP contribution in [0, 0.1) is 13.8 Å². The summed E-state index contributed by atoms with van der Waals surface area (Å²) in [4.78, 5) is 10.0. The first kappa shape index (κ1) is 11.8. The molecule has 18 heavy (non-hydrogen) atoms. The fourth-order valence-electron chi connectivity index (χ4n) is 1.95. The maximum Gasteiger partial charge on any atom is 0.194 e. The van der Waals surface area contributed by atoms with Crippen molar-refractivity contribution in [1.82, 2.24) is 19.7 Å². The van der Waals surface area contributed by atoms with Crippen LogP contribution in [0.2, 0.25) is 0 Å². The van der Waals surface area contributed by atoms with Crippen molar-refractivity contribution in [2.24, 2.45) is 0 Å². The first-order valence-corrected chi connectivity index (χ1v) is 7.53. The second-order valence-electron chi connectivity index (χ2n) is 4.16. The van der Waals surface area contributed by atoms with Gasteiger partial charge in [-0.05, 0) is 13.8 Å². The molecule has 0 aliphatic heterocycles. The average Bonchev–Trinajstić information content (AvgIpc) is 2.99. The molecule has 0 aliphatic carbocycles. The fraction of sp³-hybridized carbons (Fsp3) is 0.333. The molecule has 6 heteroatoms. The van der Waals surface area contributed by atoms with Gasteiger partial charge < -0.3 is 5.32 Å². The number of nitrogens with one attached hydrogen (secondary N) is 1. The number of hydrogen-bond acceptors (Lipinski definition) is 5. The maximum absolute atomic E-state index is 4.53. The van der Waals surface area contributed by atoms with Gasteiger partial charge in [-0.1, -0.05) is 0 Å². The zero-order valence-electron chi connectivity index (χ0n) is 10.3. The van der Waals surface area contributed by atoms with Gasteiger partial charge in [0.25, 0.3) is 0 Å². The molecule has 3 rings (SSSR count). The van der Waals surface area contributed by atoms with Gasteiger partial charge >= 0.3 is 0 Å². The van der Waals surface area contributed by atoms with E-state index in [4.69, 9.17) is 0 Å². The summed E-state index contributed by atoms with van der Waals surface area (Å²) in [7, 11) is 0. The van der Waals surface area contributed by atoms with Gasteiger partial charge in [0.05, 0.1) is 22.1 Å². The van der Waals surface area contributed by atoms with Crippen molar-refractivity contribution in [1.29, 1.82) is 0 Å². The number of aromatic nitrogens is 3. The summed E-state index contributed by atoms with van der Waals surface area (Å²) < 4.78 is 2.15. The van der Waals surface area contributed by atoms with E-state index in [-0.39, 0.29) is 0 Å². The lowest BCUT2D eigenvalue weighted by molar-refractivity contribution is 0.663. The molecule has 0 amide bonds. The van der Waals surface area contributed by atoms with Crippen LogP contribution in [0.4, 0.5) is 0 Å². The first-order valence-electron chi connectivity index (χ1n) is 5.77. The summed E-state index contributed by atoms with van der Waals surface area (Å²) in [5.74, 6) is 0. The molecule has 0 unspecified atom stereocenters.